The molecular weight excluding hydrogens is 484 g/mol. The van der Waals surface area contributed by atoms with Crippen molar-refractivity contribution in [3.8, 4) is 5.75 Å². The normalized spacial score (nSPS) is 18.5. The maximum Gasteiger partial charge on any atom is 0.412 e. The minimum absolute atomic E-state index is 0.258. The Kier molecular flexibility index (Phi) is 7.84. The number of nitrogens with one attached hydrogen (secondary N) is 1. The van der Waals surface area contributed by atoms with Gasteiger partial charge in [-0.2, -0.15) is 0 Å². The second kappa shape index (κ2) is 11.8. The van der Waals surface area contributed by atoms with Crippen LogP contribution in [0.1, 0.15) is 59.7 Å². The Morgan fingerprint density at radius 3 is 2.51 bits per heavy atom. The fourth-order valence-corrected chi connectivity index (χ4v) is 6.56. The maximum atomic E-state index is 12.4. The molecule has 0 saturated carbocycles. The fourth-order valence-electron chi connectivity index (χ4n) is 6.56. The molecule has 1 atom stereocenters. The van der Waals surface area contributed by atoms with Crippen LogP contribution in [0.15, 0.2) is 66.7 Å². The molecule has 1 unspecified atom stereocenters. The Hall–Kier alpha value is -3.35. The molecular formula is C33H40N4O2. The molecule has 0 aromatic heterocycles. The average molecular weight is 525 g/mol. The summed E-state index contributed by atoms with van der Waals surface area (Å²) in [5.41, 5.74) is 8.24. The Balaban J connectivity index is 0.919. The summed E-state index contributed by atoms with van der Waals surface area (Å²) >= 11 is 0. The van der Waals surface area contributed by atoms with Crippen molar-refractivity contribution in [3.63, 3.8) is 0 Å². The van der Waals surface area contributed by atoms with Crippen LogP contribution in [0, 0.1) is 0 Å². The smallest absolute Gasteiger partial charge is 0.410 e. The number of nitrogens with zero attached hydrogens (tertiary/aromatic N) is 3. The lowest BCUT2D eigenvalue weighted by Crippen LogP contribution is -2.47. The van der Waals surface area contributed by atoms with E-state index in [-0.39, 0.29) is 12.3 Å². The van der Waals surface area contributed by atoms with Crippen molar-refractivity contribution in [3.05, 3.63) is 94.5 Å². The molecule has 0 spiro atoms. The Morgan fingerprint density at radius 2 is 1.62 bits per heavy atom. The molecule has 3 aliphatic heterocycles. The van der Waals surface area contributed by atoms with Crippen molar-refractivity contribution in [1.29, 1.82) is 0 Å². The fraction of sp³-hybridized carbons (Fsp3) is 0.424. The van der Waals surface area contributed by atoms with Gasteiger partial charge in [-0.15, -0.1) is 0 Å². The predicted octanol–water partition coefficient (Wildman–Crippen LogP) is 5.90. The number of hydrogen-bond donors (Lipinski definition) is 1. The molecule has 0 saturated heterocycles. The van der Waals surface area contributed by atoms with Crippen molar-refractivity contribution in [2.75, 3.05) is 38.1 Å². The zero-order valence-electron chi connectivity index (χ0n) is 23.1. The summed E-state index contributed by atoms with van der Waals surface area (Å²) in [6.45, 7) is 5.94. The molecule has 3 aliphatic rings. The molecule has 6 rings (SSSR count). The summed E-state index contributed by atoms with van der Waals surface area (Å²) in [7, 11) is 2.16. The Morgan fingerprint density at radius 1 is 0.846 bits per heavy atom. The molecule has 1 amide bonds. The van der Waals surface area contributed by atoms with Gasteiger partial charge in [0.2, 0.25) is 0 Å². The molecule has 6 nitrogen and oxygen atoms in total. The topological polar surface area (TPSA) is 48.1 Å². The van der Waals surface area contributed by atoms with Crippen LogP contribution in [0.4, 0.5) is 10.5 Å². The molecule has 3 aromatic rings. The van der Waals surface area contributed by atoms with E-state index in [9.17, 15) is 4.79 Å². The van der Waals surface area contributed by atoms with Crippen LogP contribution >= 0.6 is 0 Å². The first-order valence-electron chi connectivity index (χ1n) is 14.6. The highest BCUT2D eigenvalue weighted by Gasteiger charge is 2.35. The molecule has 1 N–H and O–H groups in total. The molecule has 0 bridgehead atoms. The van der Waals surface area contributed by atoms with E-state index in [1.165, 1.54) is 46.3 Å². The Bertz CT molecular complexity index is 1310. The van der Waals surface area contributed by atoms with Crippen LogP contribution in [0.25, 0.3) is 0 Å². The van der Waals surface area contributed by atoms with Gasteiger partial charge in [-0.25, -0.2) is 4.79 Å². The maximum absolute atomic E-state index is 12.4. The van der Waals surface area contributed by atoms with Crippen LogP contribution in [-0.4, -0.2) is 49.1 Å². The second-order valence-electron chi connectivity index (χ2n) is 11.2. The SMILES string of the molecule is CN1c2ccc(OC(=O)NCCCCCCN3CCc4ccccc4C3)cc2CN2CCc3ccccc3C21. The van der Waals surface area contributed by atoms with E-state index < -0.39 is 0 Å². The number of anilines is 1. The number of carbonyl (C=O) groups excluding carboxylic acids is 1. The number of unbranched alkanes of at least 4 members (excludes halogenated alkanes) is 3. The van der Waals surface area contributed by atoms with Gasteiger partial charge in [0, 0.05) is 45.5 Å². The number of rotatable bonds is 8. The third kappa shape index (κ3) is 5.82. The summed E-state index contributed by atoms with van der Waals surface area (Å²) in [4.78, 5) is 19.9. The minimum atomic E-state index is -0.365. The number of benzene rings is 3. The van der Waals surface area contributed by atoms with Gasteiger partial charge >= 0.3 is 6.09 Å². The van der Waals surface area contributed by atoms with E-state index in [4.69, 9.17) is 4.74 Å². The van der Waals surface area contributed by atoms with Crippen molar-refractivity contribution in [2.24, 2.45) is 0 Å². The molecule has 3 aromatic carbocycles. The molecule has 0 aliphatic carbocycles. The van der Waals surface area contributed by atoms with Gasteiger partial charge in [-0.05, 0) is 78.2 Å². The summed E-state index contributed by atoms with van der Waals surface area (Å²) in [5.74, 6) is 0.610. The van der Waals surface area contributed by atoms with Gasteiger partial charge in [-0.1, -0.05) is 61.4 Å². The van der Waals surface area contributed by atoms with Crippen molar-refractivity contribution >= 4 is 11.8 Å². The van der Waals surface area contributed by atoms with Crippen molar-refractivity contribution in [2.45, 2.75) is 57.8 Å². The highest BCUT2D eigenvalue weighted by molar-refractivity contribution is 5.71. The molecule has 204 valence electrons. The van der Waals surface area contributed by atoms with Crippen LogP contribution in [0.5, 0.6) is 5.75 Å². The third-order valence-electron chi connectivity index (χ3n) is 8.61. The molecule has 3 heterocycles. The van der Waals surface area contributed by atoms with Gasteiger partial charge in [0.25, 0.3) is 0 Å². The first-order valence-corrected chi connectivity index (χ1v) is 14.6. The second-order valence-corrected chi connectivity index (χ2v) is 11.2. The third-order valence-corrected chi connectivity index (χ3v) is 8.61. The number of carbonyl (C=O) groups is 1. The summed E-state index contributed by atoms with van der Waals surface area (Å²) in [6.07, 6.45) is 6.62. The molecule has 0 radical (unpaired) electrons. The van der Waals surface area contributed by atoms with Gasteiger partial charge in [0.1, 0.15) is 11.9 Å². The lowest BCUT2D eigenvalue weighted by atomic mass is 9.93. The van der Waals surface area contributed by atoms with E-state index >= 15 is 0 Å². The van der Waals surface area contributed by atoms with E-state index in [2.05, 4.69) is 81.7 Å². The first kappa shape index (κ1) is 25.9. The summed E-state index contributed by atoms with van der Waals surface area (Å²) in [6, 6.07) is 23.6. The van der Waals surface area contributed by atoms with Crippen LogP contribution in [-0.2, 0) is 25.9 Å². The number of hydrogen-bond acceptors (Lipinski definition) is 5. The Labute approximate surface area is 232 Å². The van der Waals surface area contributed by atoms with Crippen molar-refractivity contribution in [1.82, 2.24) is 15.1 Å². The first-order chi connectivity index (χ1) is 19.2. The highest BCUT2D eigenvalue weighted by atomic mass is 16.6. The van der Waals surface area contributed by atoms with Crippen LogP contribution in [0.2, 0.25) is 0 Å². The predicted molar refractivity (Wildman–Crippen MR) is 156 cm³/mol. The van der Waals surface area contributed by atoms with Gasteiger partial charge in [0.05, 0.1) is 0 Å². The number of amides is 1. The molecule has 39 heavy (non-hydrogen) atoms. The van der Waals surface area contributed by atoms with Crippen molar-refractivity contribution < 1.29 is 9.53 Å². The monoisotopic (exact) mass is 524 g/mol. The van der Waals surface area contributed by atoms with Crippen LogP contribution in [0.3, 0.4) is 0 Å². The average Bonchev–Trinajstić information content (AvgIpc) is 2.96. The van der Waals surface area contributed by atoms with E-state index in [0.29, 0.717) is 12.3 Å². The van der Waals surface area contributed by atoms with E-state index in [1.54, 1.807) is 0 Å². The number of fused-ring (bicyclic) bond motifs is 5. The molecule has 0 fully saturated rings. The zero-order chi connectivity index (χ0) is 26.6. The van der Waals surface area contributed by atoms with E-state index in [0.717, 1.165) is 58.4 Å². The lowest BCUT2D eigenvalue weighted by molar-refractivity contribution is 0.163. The van der Waals surface area contributed by atoms with Crippen LogP contribution < -0.4 is 15.0 Å². The number of ether oxygens (including phenoxy) is 1. The largest absolute Gasteiger partial charge is 0.412 e. The quantitative estimate of drug-likeness (QED) is 0.372. The lowest BCUT2D eigenvalue weighted by Gasteiger charge is -2.47. The van der Waals surface area contributed by atoms with Gasteiger partial charge < -0.3 is 15.0 Å². The molecule has 6 heteroatoms. The standard InChI is InChI=1S/C33H40N4O2/c1-35-31-15-14-29(22-28(31)24-37-21-17-26-11-6-7-13-30(26)32(35)37)39-33(38)34-18-8-2-3-9-19-36-20-16-25-10-4-5-12-27(25)23-36/h4-7,10-15,22,32H,2-3,8-9,16-21,23-24H2,1H3,(H,34,38). The van der Waals surface area contributed by atoms with Gasteiger partial charge in [-0.3, -0.25) is 9.80 Å². The minimum Gasteiger partial charge on any atom is -0.410 e. The zero-order valence-corrected chi connectivity index (χ0v) is 23.1. The van der Waals surface area contributed by atoms with Gasteiger partial charge in [0.15, 0.2) is 0 Å². The van der Waals surface area contributed by atoms with E-state index in [1.807, 2.05) is 12.1 Å². The summed E-state index contributed by atoms with van der Waals surface area (Å²) in [5, 5.41) is 2.94. The summed E-state index contributed by atoms with van der Waals surface area (Å²) < 4.78 is 5.65. The highest BCUT2D eigenvalue weighted by Crippen LogP contribution is 2.42.